The van der Waals surface area contributed by atoms with E-state index in [9.17, 15) is 4.79 Å². The second-order valence-corrected chi connectivity index (χ2v) is 7.18. The molecule has 0 fully saturated rings. The van der Waals surface area contributed by atoms with Gasteiger partial charge in [-0.05, 0) is 48.9 Å². The molecule has 6 heteroatoms. The average molecular weight is 399 g/mol. The summed E-state index contributed by atoms with van der Waals surface area (Å²) in [6.45, 7) is 2.13. The predicted octanol–water partition coefficient (Wildman–Crippen LogP) is 5.64. The molecule has 136 valence electrons. The first-order chi connectivity index (χ1) is 13.0. The second-order valence-electron chi connectivity index (χ2n) is 6.30. The molecule has 4 nitrogen and oxygen atoms in total. The highest BCUT2D eigenvalue weighted by Gasteiger charge is 2.19. The molecule has 0 aliphatic rings. The summed E-state index contributed by atoms with van der Waals surface area (Å²) in [6.07, 6.45) is 1.77. The van der Waals surface area contributed by atoms with Crippen LogP contribution < -0.4 is 0 Å². The summed E-state index contributed by atoms with van der Waals surface area (Å²) in [5.74, 6) is -0.303. The number of halogens is 2. The van der Waals surface area contributed by atoms with Gasteiger partial charge in [-0.1, -0.05) is 29.3 Å². The van der Waals surface area contributed by atoms with E-state index in [-0.39, 0.29) is 12.5 Å². The van der Waals surface area contributed by atoms with Crippen molar-refractivity contribution in [2.24, 2.45) is 0 Å². The van der Waals surface area contributed by atoms with Crippen LogP contribution in [0, 0.1) is 6.92 Å². The zero-order valence-corrected chi connectivity index (χ0v) is 16.3. The van der Waals surface area contributed by atoms with E-state index in [1.165, 1.54) is 7.11 Å². The number of hydrogen-bond acceptors (Lipinski definition) is 3. The first-order valence-electron chi connectivity index (χ1n) is 8.39. The monoisotopic (exact) mass is 398 g/mol. The molecular weight excluding hydrogens is 383 g/mol. The number of benzene rings is 2. The summed E-state index contributed by atoms with van der Waals surface area (Å²) in [6, 6.07) is 13.3. The quantitative estimate of drug-likeness (QED) is 0.419. The maximum absolute atomic E-state index is 11.9. The standard InChI is InChI=1S/C21H16Cl2N2O2/c1-12-21(16-7-8-24-18-10-14(23)3-5-15(16)18)17-9-13(22)4-6-19(17)25(12)11-20(26)27-2/h3-10H,11H2,1-2H3. The summed E-state index contributed by atoms with van der Waals surface area (Å²) in [5, 5.41) is 3.24. The van der Waals surface area contributed by atoms with Crippen LogP contribution in [-0.2, 0) is 16.1 Å². The zero-order chi connectivity index (χ0) is 19.1. The Morgan fingerprint density at radius 3 is 2.59 bits per heavy atom. The minimum absolute atomic E-state index is 0.134. The van der Waals surface area contributed by atoms with Crippen LogP contribution >= 0.6 is 23.2 Å². The van der Waals surface area contributed by atoms with Gasteiger partial charge < -0.3 is 9.30 Å². The maximum atomic E-state index is 11.9. The van der Waals surface area contributed by atoms with Crippen LogP contribution in [0.3, 0.4) is 0 Å². The molecule has 0 saturated carbocycles. The van der Waals surface area contributed by atoms with Crippen molar-refractivity contribution in [1.29, 1.82) is 0 Å². The van der Waals surface area contributed by atoms with E-state index in [2.05, 4.69) is 4.98 Å². The number of pyridine rings is 1. The van der Waals surface area contributed by atoms with Gasteiger partial charge in [0.15, 0.2) is 0 Å². The van der Waals surface area contributed by atoms with Crippen LogP contribution in [0.2, 0.25) is 10.0 Å². The van der Waals surface area contributed by atoms with Crippen LogP contribution in [0.4, 0.5) is 0 Å². The normalized spacial score (nSPS) is 11.3. The lowest BCUT2D eigenvalue weighted by molar-refractivity contribution is -0.141. The van der Waals surface area contributed by atoms with E-state index in [4.69, 9.17) is 27.9 Å². The number of esters is 1. The highest BCUT2D eigenvalue weighted by molar-refractivity contribution is 6.32. The number of aromatic nitrogens is 2. The van der Waals surface area contributed by atoms with Gasteiger partial charge >= 0.3 is 5.97 Å². The highest BCUT2D eigenvalue weighted by Crippen LogP contribution is 2.39. The third-order valence-electron chi connectivity index (χ3n) is 4.77. The van der Waals surface area contributed by atoms with Gasteiger partial charge in [-0.25, -0.2) is 0 Å². The van der Waals surface area contributed by atoms with Gasteiger partial charge in [-0.3, -0.25) is 9.78 Å². The molecule has 0 spiro atoms. The van der Waals surface area contributed by atoms with Gasteiger partial charge in [0.2, 0.25) is 0 Å². The van der Waals surface area contributed by atoms with Crippen molar-refractivity contribution in [2.45, 2.75) is 13.5 Å². The lowest BCUT2D eigenvalue weighted by Gasteiger charge is -2.09. The minimum Gasteiger partial charge on any atom is -0.468 e. The fraction of sp³-hybridized carbons (Fsp3) is 0.143. The highest BCUT2D eigenvalue weighted by atomic mass is 35.5. The molecule has 0 amide bonds. The summed E-state index contributed by atoms with van der Waals surface area (Å²) in [5.41, 5.74) is 4.74. The SMILES string of the molecule is COC(=O)Cn1c(C)c(-c2ccnc3cc(Cl)ccc23)c2cc(Cl)ccc21. The number of rotatable bonds is 3. The van der Waals surface area contributed by atoms with Crippen LogP contribution in [-0.4, -0.2) is 22.6 Å². The Labute approximate surface area is 166 Å². The van der Waals surface area contributed by atoms with Crippen molar-refractivity contribution < 1.29 is 9.53 Å². The van der Waals surface area contributed by atoms with Crippen molar-refractivity contribution >= 4 is 51.0 Å². The fourth-order valence-corrected chi connectivity index (χ4v) is 3.87. The van der Waals surface area contributed by atoms with Crippen LogP contribution in [0.15, 0.2) is 48.7 Å². The number of hydrogen-bond donors (Lipinski definition) is 0. The fourth-order valence-electron chi connectivity index (χ4n) is 3.53. The third-order valence-corrected chi connectivity index (χ3v) is 5.24. The largest absolute Gasteiger partial charge is 0.468 e. The van der Waals surface area contributed by atoms with Gasteiger partial charge in [0.1, 0.15) is 6.54 Å². The topological polar surface area (TPSA) is 44.1 Å². The molecule has 2 heterocycles. The molecule has 27 heavy (non-hydrogen) atoms. The van der Waals surface area contributed by atoms with Crippen molar-refractivity contribution in [3.63, 3.8) is 0 Å². The Morgan fingerprint density at radius 2 is 1.81 bits per heavy atom. The summed E-state index contributed by atoms with van der Waals surface area (Å²) in [4.78, 5) is 16.4. The Balaban J connectivity index is 2.07. The molecule has 2 aromatic carbocycles. The van der Waals surface area contributed by atoms with Crippen LogP contribution in [0.1, 0.15) is 5.69 Å². The molecule has 0 aliphatic carbocycles. The Morgan fingerprint density at radius 1 is 1.07 bits per heavy atom. The smallest absolute Gasteiger partial charge is 0.325 e. The molecular formula is C21H16Cl2N2O2. The first kappa shape index (κ1) is 17.8. The molecule has 4 aromatic rings. The van der Waals surface area contributed by atoms with E-state index in [0.29, 0.717) is 10.0 Å². The zero-order valence-electron chi connectivity index (χ0n) is 14.8. The number of nitrogens with zero attached hydrogens (tertiary/aromatic N) is 2. The molecule has 0 radical (unpaired) electrons. The van der Waals surface area contributed by atoms with E-state index in [1.54, 1.807) is 6.20 Å². The molecule has 2 aromatic heterocycles. The van der Waals surface area contributed by atoms with E-state index < -0.39 is 0 Å². The third kappa shape index (κ3) is 3.05. The van der Waals surface area contributed by atoms with Crippen molar-refractivity contribution in [1.82, 2.24) is 9.55 Å². The number of carbonyl (C=O) groups excluding carboxylic acids is 1. The summed E-state index contributed by atoms with van der Waals surface area (Å²) < 4.78 is 6.82. The Kier molecular flexibility index (Phi) is 4.54. The van der Waals surface area contributed by atoms with Gasteiger partial charge in [-0.2, -0.15) is 0 Å². The predicted molar refractivity (Wildman–Crippen MR) is 109 cm³/mol. The lowest BCUT2D eigenvalue weighted by atomic mass is 9.98. The summed E-state index contributed by atoms with van der Waals surface area (Å²) in [7, 11) is 1.39. The summed E-state index contributed by atoms with van der Waals surface area (Å²) >= 11 is 12.4. The number of methoxy groups -OCH3 is 1. The molecule has 0 atom stereocenters. The van der Waals surface area contributed by atoms with Crippen molar-refractivity contribution in [2.75, 3.05) is 7.11 Å². The number of ether oxygens (including phenoxy) is 1. The van der Waals surface area contributed by atoms with Gasteiger partial charge in [0.05, 0.1) is 12.6 Å². The van der Waals surface area contributed by atoms with Gasteiger partial charge in [0.25, 0.3) is 0 Å². The molecule has 0 aliphatic heterocycles. The van der Waals surface area contributed by atoms with Gasteiger partial charge in [0, 0.05) is 43.8 Å². The van der Waals surface area contributed by atoms with E-state index >= 15 is 0 Å². The molecule has 0 bridgehead atoms. The van der Waals surface area contributed by atoms with Crippen LogP contribution in [0.25, 0.3) is 32.9 Å². The van der Waals surface area contributed by atoms with Gasteiger partial charge in [-0.15, -0.1) is 0 Å². The lowest BCUT2D eigenvalue weighted by Crippen LogP contribution is -2.12. The molecule has 0 N–H and O–H groups in total. The molecule has 0 unspecified atom stereocenters. The maximum Gasteiger partial charge on any atom is 0.325 e. The number of fused-ring (bicyclic) bond motifs is 2. The first-order valence-corrected chi connectivity index (χ1v) is 9.15. The minimum atomic E-state index is -0.303. The van der Waals surface area contributed by atoms with E-state index in [1.807, 2.05) is 54.0 Å². The van der Waals surface area contributed by atoms with Crippen molar-refractivity contribution in [3.05, 3.63) is 64.4 Å². The Hall–Kier alpha value is -2.56. The Bertz CT molecular complexity index is 1200. The second kappa shape index (κ2) is 6.87. The number of carbonyl (C=O) groups is 1. The van der Waals surface area contributed by atoms with Crippen molar-refractivity contribution in [3.8, 4) is 11.1 Å². The molecule has 4 rings (SSSR count). The average Bonchev–Trinajstić information content (AvgIpc) is 2.91. The molecule has 0 saturated heterocycles. The van der Waals surface area contributed by atoms with E-state index in [0.717, 1.165) is 38.6 Å². The van der Waals surface area contributed by atoms with Crippen LogP contribution in [0.5, 0.6) is 0 Å².